The molecule has 0 unspecified atom stereocenters. The second kappa shape index (κ2) is 5.62. The lowest BCUT2D eigenvalue weighted by Gasteiger charge is -2.08. The van der Waals surface area contributed by atoms with Crippen molar-refractivity contribution in [3.05, 3.63) is 64.2 Å². The van der Waals surface area contributed by atoms with Gasteiger partial charge in [0, 0.05) is 17.7 Å². The van der Waals surface area contributed by atoms with Gasteiger partial charge in [-0.05, 0) is 33.1 Å². The number of benzene rings is 2. The van der Waals surface area contributed by atoms with Crippen molar-refractivity contribution in [2.45, 2.75) is 0 Å². The van der Waals surface area contributed by atoms with Crippen LogP contribution in [-0.4, -0.2) is 9.54 Å². The first kappa shape index (κ1) is 13.2. The van der Waals surface area contributed by atoms with Crippen LogP contribution in [0.2, 0.25) is 0 Å². The predicted octanol–water partition coefficient (Wildman–Crippen LogP) is 3.28. The fraction of sp³-hybridized carbons (Fsp3) is 0. The number of hydrogen-bond donors (Lipinski definition) is 1. The Bertz CT molecular complexity index is 642. The third-order valence-corrected chi connectivity index (χ3v) is 3.27. The fourth-order valence-corrected chi connectivity index (χ4v) is 2.10. The lowest BCUT2D eigenvalue weighted by Crippen LogP contribution is -1.99. The smallest absolute Gasteiger partial charge is 0.270 e. The molecule has 0 aliphatic rings. The van der Waals surface area contributed by atoms with Crippen LogP contribution < -0.4 is 5.84 Å². The summed E-state index contributed by atoms with van der Waals surface area (Å²) < 4.78 is 0.446. The Balaban J connectivity index is 2.67. The van der Waals surface area contributed by atoms with E-state index in [9.17, 15) is 10.1 Å². The quantitative estimate of drug-likeness (QED) is 0.408. The van der Waals surface area contributed by atoms with E-state index in [-0.39, 0.29) is 5.69 Å². The van der Waals surface area contributed by atoms with Crippen LogP contribution in [0, 0.1) is 10.1 Å². The summed E-state index contributed by atoms with van der Waals surface area (Å²) in [7, 11) is 0. The van der Waals surface area contributed by atoms with Gasteiger partial charge in [0.1, 0.15) is 4.62 Å². The third-order valence-electron chi connectivity index (χ3n) is 2.63. The van der Waals surface area contributed by atoms with Crippen molar-refractivity contribution in [2.24, 2.45) is 10.9 Å². The Hall–Kier alpha value is -2.21. The maximum Gasteiger partial charge on any atom is 0.270 e. The average molecular weight is 320 g/mol. The molecule has 2 rings (SSSR count). The second-order valence-electron chi connectivity index (χ2n) is 3.77. The Morgan fingerprint density at radius 2 is 1.89 bits per heavy atom. The van der Waals surface area contributed by atoms with Crippen molar-refractivity contribution < 1.29 is 4.92 Å². The Kier molecular flexibility index (Phi) is 3.91. The van der Waals surface area contributed by atoms with E-state index in [1.165, 1.54) is 12.1 Å². The van der Waals surface area contributed by atoms with Gasteiger partial charge in [-0.3, -0.25) is 10.1 Å². The first-order valence-corrected chi connectivity index (χ1v) is 6.20. The number of rotatable bonds is 3. The largest absolute Gasteiger partial charge is 0.322 e. The minimum absolute atomic E-state index is 0.0277. The van der Waals surface area contributed by atoms with Gasteiger partial charge in [-0.2, -0.15) is 5.10 Å². The number of nitro groups is 1. The molecule has 0 aliphatic carbocycles. The van der Waals surface area contributed by atoms with E-state index in [0.717, 1.165) is 5.56 Å². The molecule has 0 radical (unpaired) electrons. The molecule has 2 N–H and O–H groups in total. The van der Waals surface area contributed by atoms with Crippen molar-refractivity contribution in [1.29, 1.82) is 0 Å². The van der Waals surface area contributed by atoms with Gasteiger partial charge in [0.2, 0.25) is 0 Å². The van der Waals surface area contributed by atoms with Crippen LogP contribution in [0.4, 0.5) is 5.69 Å². The van der Waals surface area contributed by atoms with Crippen LogP contribution in [0.1, 0.15) is 5.56 Å². The number of halogens is 1. The molecule has 0 aromatic heterocycles. The molecule has 0 spiro atoms. The predicted molar refractivity (Wildman–Crippen MR) is 78.2 cm³/mol. The van der Waals surface area contributed by atoms with E-state index >= 15 is 0 Å². The molecule has 0 bridgehead atoms. The van der Waals surface area contributed by atoms with E-state index < -0.39 is 4.92 Å². The highest BCUT2D eigenvalue weighted by Crippen LogP contribution is 2.29. The van der Waals surface area contributed by atoms with Crippen molar-refractivity contribution in [2.75, 3.05) is 0 Å². The summed E-state index contributed by atoms with van der Waals surface area (Å²) in [6, 6.07) is 13.9. The van der Waals surface area contributed by atoms with Crippen LogP contribution in [-0.2, 0) is 0 Å². The first-order valence-electron chi connectivity index (χ1n) is 5.41. The zero-order valence-corrected chi connectivity index (χ0v) is 11.4. The van der Waals surface area contributed by atoms with Gasteiger partial charge in [-0.25, -0.2) is 0 Å². The number of nitro benzene ring substituents is 1. The molecule has 6 heteroatoms. The number of nitrogens with zero attached hydrogens (tertiary/aromatic N) is 2. The zero-order valence-electron chi connectivity index (χ0n) is 9.79. The second-order valence-corrected chi connectivity index (χ2v) is 4.52. The highest BCUT2D eigenvalue weighted by Gasteiger charge is 2.14. The molecule has 5 nitrogen and oxygen atoms in total. The Labute approximate surface area is 118 Å². The summed E-state index contributed by atoms with van der Waals surface area (Å²) in [5.74, 6) is 5.26. The summed E-state index contributed by atoms with van der Waals surface area (Å²) in [5, 5.41) is 14.5. The minimum atomic E-state index is -0.427. The normalized spacial score (nSPS) is 11.3. The number of hydrazone groups is 1. The molecule has 2 aromatic rings. The van der Waals surface area contributed by atoms with Gasteiger partial charge in [0.25, 0.3) is 5.69 Å². The topological polar surface area (TPSA) is 81.5 Å². The van der Waals surface area contributed by atoms with Crippen molar-refractivity contribution in [3.8, 4) is 11.1 Å². The van der Waals surface area contributed by atoms with Gasteiger partial charge < -0.3 is 5.84 Å². The number of hydrogen-bond acceptors (Lipinski definition) is 4. The summed E-state index contributed by atoms with van der Waals surface area (Å²) >= 11 is 3.25. The van der Waals surface area contributed by atoms with E-state index in [4.69, 9.17) is 5.84 Å². The molecular formula is C13H10BrN3O2. The zero-order chi connectivity index (χ0) is 13.8. The molecule has 0 saturated heterocycles. The molecule has 0 aliphatic heterocycles. The summed E-state index contributed by atoms with van der Waals surface area (Å²) in [5.41, 5.74) is 2.30. The molecule has 0 saturated carbocycles. The standard InChI is InChI=1S/C13H10BrN3O2/c14-13(16-15)11-7-6-10(17(18)19)8-12(11)9-4-2-1-3-5-9/h1-8H,15H2. The van der Waals surface area contributed by atoms with E-state index in [2.05, 4.69) is 21.0 Å². The Morgan fingerprint density at radius 1 is 1.21 bits per heavy atom. The number of non-ortho nitro benzene ring substituents is 1. The van der Waals surface area contributed by atoms with Crippen molar-refractivity contribution >= 4 is 26.2 Å². The molecule has 0 atom stereocenters. The van der Waals surface area contributed by atoms with E-state index in [1.54, 1.807) is 6.07 Å². The van der Waals surface area contributed by atoms with Crippen LogP contribution in [0.5, 0.6) is 0 Å². The third kappa shape index (κ3) is 2.79. The number of nitrogens with two attached hydrogens (primary N) is 1. The van der Waals surface area contributed by atoms with E-state index in [1.807, 2.05) is 30.3 Å². The van der Waals surface area contributed by atoms with Crippen molar-refractivity contribution in [1.82, 2.24) is 0 Å². The molecule has 0 heterocycles. The molecular weight excluding hydrogens is 310 g/mol. The van der Waals surface area contributed by atoms with Crippen LogP contribution in [0.15, 0.2) is 53.6 Å². The van der Waals surface area contributed by atoms with Gasteiger partial charge in [0.05, 0.1) is 4.92 Å². The van der Waals surface area contributed by atoms with Crippen LogP contribution in [0.3, 0.4) is 0 Å². The molecule has 96 valence electrons. The van der Waals surface area contributed by atoms with Gasteiger partial charge in [-0.1, -0.05) is 30.3 Å². The lowest BCUT2D eigenvalue weighted by molar-refractivity contribution is -0.384. The van der Waals surface area contributed by atoms with Crippen molar-refractivity contribution in [3.63, 3.8) is 0 Å². The first-order chi connectivity index (χ1) is 9.13. The summed E-state index contributed by atoms with van der Waals surface area (Å²) in [4.78, 5) is 10.4. The lowest BCUT2D eigenvalue weighted by atomic mass is 9.99. The molecule has 0 amide bonds. The summed E-state index contributed by atoms with van der Waals surface area (Å²) in [6.07, 6.45) is 0. The Morgan fingerprint density at radius 3 is 2.47 bits per heavy atom. The molecule has 0 fully saturated rings. The van der Waals surface area contributed by atoms with Gasteiger partial charge >= 0.3 is 0 Å². The van der Waals surface area contributed by atoms with E-state index in [0.29, 0.717) is 15.7 Å². The maximum absolute atomic E-state index is 10.9. The monoisotopic (exact) mass is 319 g/mol. The highest BCUT2D eigenvalue weighted by atomic mass is 79.9. The molecule has 2 aromatic carbocycles. The highest BCUT2D eigenvalue weighted by molar-refractivity contribution is 9.18. The van der Waals surface area contributed by atoms with Gasteiger partial charge in [0.15, 0.2) is 0 Å². The SMILES string of the molecule is NN=C(Br)c1ccc([N+](=O)[O-])cc1-c1ccccc1. The van der Waals surface area contributed by atoms with Crippen LogP contribution >= 0.6 is 15.9 Å². The maximum atomic E-state index is 10.9. The van der Waals surface area contributed by atoms with Crippen LogP contribution in [0.25, 0.3) is 11.1 Å². The minimum Gasteiger partial charge on any atom is -0.322 e. The molecule has 19 heavy (non-hydrogen) atoms. The fourth-order valence-electron chi connectivity index (χ4n) is 1.75. The summed E-state index contributed by atoms with van der Waals surface area (Å²) in [6.45, 7) is 0. The van der Waals surface area contributed by atoms with Gasteiger partial charge in [-0.15, -0.1) is 0 Å². The average Bonchev–Trinajstić information content (AvgIpc) is 2.46.